The molecule has 6 nitrogen and oxygen atoms in total. The van der Waals surface area contributed by atoms with Gasteiger partial charge in [-0.25, -0.2) is 13.2 Å². The number of aliphatic hydroxyl groups excluding tert-OH is 1. The molecule has 0 spiro atoms. The fourth-order valence-electron chi connectivity index (χ4n) is 4.41. The average molecular weight is 603 g/mol. The van der Waals surface area contributed by atoms with Crippen LogP contribution in [0.15, 0.2) is 66.7 Å². The standard InChI is InChI=1S/C31H28F6N4O2/c1-17(2)26(30(43)40-24(16-39)14-23-4-3-18(15-38)13-25(23)32)41-28(31(35,36)37)22-11-7-20(8-12-22)19-5-9-21(10-6-19)27(42)29(33)34/h3-13,17,24,26-29,41-42H,14H2,1-2H3,(H,40,43)/t24-,26?,27+,28-/m0/s1. The molecule has 0 aromatic heterocycles. The summed E-state index contributed by atoms with van der Waals surface area (Å²) in [4.78, 5) is 13.1. The maximum absolute atomic E-state index is 14.3. The van der Waals surface area contributed by atoms with Gasteiger partial charge >= 0.3 is 6.18 Å². The molecule has 0 bridgehead atoms. The van der Waals surface area contributed by atoms with Crippen LogP contribution in [0.4, 0.5) is 26.3 Å². The Kier molecular flexibility index (Phi) is 10.9. The maximum Gasteiger partial charge on any atom is 0.407 e. The van der Waals surface area contributed by atoms with Crippen LogP contribution in [0.3, 0.4) is 0 Å². The van der Waals surface area contributed by atoms with Gasteiger partial charge in [0.25, 0.3) is 6.43 Å². The molecular formula is C31H28F6N4O2. The van der Waals surface area contributed by atoms with Gasteiger partial charge in [-0.05, 0) is 45.9 Å². The normalized spacial score (nSPS) is 14.4. The fraction of sp³-hybridized carbons (Fsp3) is 0.323. The van der Waals surface area contributed by atoms with Crippen LogP contribution in [-0.2, 0) is 11.2 Å². The molecule has 0 aliphatic heterocycles. The van der Waals surface area contributed by atoms with Crippen molar-refractivity contribution in [2.45, 2.75) is 57.1 Å². The van der Waals surface area contributed by atoms with Gasteiger partial charge in [-0.15, -0.1) is 0 Å². The SMILES string of the molecule is CC(C)C(N[C@@H](c1ccc(-c2ccc([C@@H](O)C(F)F)cc2)cc1)C(F)(F)F)C(=O)N[C@H](C#N)Cc1ccc(C#N)cc1F. The van der Waals surface area contributed by atoms with Crippen molar-refractivity contribution in [3.8, 4) is 23.3 Å². The second-order valence-corrected chi connectivity index (χ2v) is 10.2. The van der Waals surface area contributed by atoms with E-state index in [2.05, 4.69) is 10.6 Å². The van der Waals surface area contributed by atoms with Gasteiger partial charge < -0.3 is 10.4 Å². The van der Waals surface area contributed by atoms with E-state index in [9.17, 15) is 41.5 Å². The number of hydrogen-bond acceptors (Lipinski definition) is 5. The third kappa shape index (κ3) is 8.57. The molecule has 0 aliphatic rings. The lowest BCUT2D eigenvalue weighted by atomic mass is 9.96. The number of nitrogens with zero attached hydrogens (tertiary/aromatic N) is 2. The minimum atomic E-state index is -4.82. The average Bonchev–Trinajstić information content (AvgIpc) is 2.96. The third-order valence-corrected chi connectivity index (χ3v) is 6.77. The zero-order valence-corrected chi connectivity index (χ0v) is 23.0. The van der Waals surface area contributed by atoms with Crippen LogP contribution >= 0.6 is 0 Å². The van der Waals surface area contributed by atoms with Crippen LogP contribution in [0.25, 0.3) is 11.1 Å². The summed E-state index contributed by atoms with van der Waals surface area (Å²) in [6.07, 6.45) is -10.0. The van der Waals surface area contributed by atoms with E-state index in [4.69, 9.17) is 5.26 Å². The van der Waals surface area contributed by atoms with Crippen LogP contribution < -0.4 is 10.6 Å². The maximum atomic E-state index is 14.3. The Morgan fingerprint density at radius 3 is 1.93 bits per heavy atom. The molecule has 43 heavy (non-hydrogen) atoms. The first-order valence-corrected chi connectivity index (χ1v) is 13.1. The van der Waals surface area contributed by atoms with Gasteiger partial charge in [-0.2, -0.15) is 23.7 Å². The van der Waals surface area contributed by atoms with Crippen molar-refractivity contribution < 1.29 is 36.2 Å². The number of aliphatic hydroxyl groups is 1. The third-order valence-electron chi connectivity index (χ3n) is 6.77. The summed E-state index contributed by atoms with van der Waals surface area (Å²) >= 11 is 0. The molecule has 0 saturated carbocycles. The summed E-state index contributed by atoms with van der Waals surface area (Å²) in [6.45, 7) is 3.06. The van der Waals surface area contributed by atoms with Crippen molar-refractivity contribution in [1.82, 2.24) is 10.6 Å². The minimum Gasteiger partial charge on any atom is -0.382 e. The van der Waals surface area contributed by atoms with E-state index in [-0.39, 0.29) is 28.7 Å². The molecule has 4 atom stereocenters. The summed E-state index contributed by atoms with van der Waals surface area (Å²) in [5.74, 6) is -2.28. The Balaban J connectivity index is 1.78. The number of alkyl halides is 5. The topological polar surface area (TPSA) is 109 Å². The second kappa shape index (κ2) is 14.2. The van der Waals surface area contributed by atoms with Gasteiger partial charge in [0.15, 0.2) is 0 Å². The van der Waals surface area contributed by atoms with Crippen molar-refractivity contribution in [3.05, 3.63) is 94.8 Å². The first-order chi connectivity index (χ1) is 20.2. The van der Waals surface area contributed by atoms with Crippen LogP contribution in [0.2, 0.25) is 0 Å². The van der Waals surface area contributed by atoms with E-state index >= 15 is 0 Å². The molecular weight excluding hydrogens is 574 g/mol. The lowest BCUT2D eigenvalue weighted by Gasteiger charge is -2.30. The monoisotopic (exact) mass is 602 g/mol. The Bertz CT molecular complexity index is 1480. The van der Waals surface area contributed by atoms with Gasteiger partial charge in [0, 0.05) is 6.42 Å². The number of hydrogen-bond donors (Lipinski definition) is 3. The molecule has 0 heterocycles. The predicted molar refractivity (Wildman–Crippen MR) is 146 cm³/mol. The largest absolute Gasteiger partial charge is 0.407 e. The molecule has 0 radical (unpaired) electrons. The first kappa shape index (κ1) is 33.1. The quantitative estimate of drug-likeness (QED) is 0.229. The number of benzene rings is 3. The van der Waals surface area contributed by atoms with E-state index in [1.165, 1.54) is 74.5 Å². The van der Waals surface area contributed by atoms with Crippen LogP contribution in [0.1, 0.15) is 48.2 Å². The van der Waals surface area contributed by atoms with E-state index in [1.54, 1.807) is 6.07 Å². The summed E-state index contributed by atoms with van der Waals surface area (Å²) < 4.78 is 82.5. The molecule has 12 heteroatoms. The van der Waals surface area contributed by atoms with Gasteiger partial charge in [0.1, 0.15) is 24.0 Å². The second-order valence-electron chi connectivity index (χ2n) is 10.2. The van der Waals surface area contributed by atoms with Crippen molar-refractivity contribution in [2.75, 3.05) is 0 Å². The van der Waals surface area contributed by atoms with Crippen LogP contribution in [-0.4, -0.2) is 35.7 Å². The highest BCUT2D eigenvalue weighted by Crippen LogP contribution is 2.35. The number of carbonyl (C=O) groups excluding carboxylic acids is 1. The zero-order valence-electron chi connectivity index (χ0n) is 23.0. The molecule has 1 unspecified atom stereocenters. The molecule has 3 N–H and O–H groups in total. The molecule has 3 rings (SSSR count). The van der Waals surface area contributed by atoms with Gasteiger partial charge in [0.2, 0.25) is 5.91 Å². The van der Waals surface area contributed by atoms with Crippen LogP contribution in [0.5, 0.6) is 0 Å². The molecule has 3 aromatic rings. The van der Waals surface area contributed by atoms with E-state index in [0.29, 0.717) is 11.1 Å². The highest BCUT2D eigenvalue weighted by molar-refractivity contribution is 5.82. The number of nitrogens with one attached hydrogen (secondary N) is 2. The Morgan fingerprint density at radius 2 is 1.49 bits per heavy atom. The lowest BCUT2D eigenvalue weighted by Crippen LogP contribution is -2.53. The smallest absolute Gasteiger partial charge is 0.382 e. The van der Waals surface area contributed by atoms with Crippen LogP contribution in [0, 0.1) is 34.4 Å². The summed E-state index contributed by atoms with van der Waals surface area (Å²) in [5, 5.41) is 32.7. The lowest BCUT2D eigenvalue weighted by molar-refractivity contribution is -0.161. The van der Waals surface area contributed by atoms with Crippen molar-refractivity contribution in [1.29, 1.82) is 10.5 Å². The van der Waals surface area contributed by atoms with Gasteiger partial charge in [-0.3, -0.25) is 10.1 Å². The summed E-state index contributed by atoms with van der Waals surface area (Å²) in [6, 6.07) is 13.1. The predicted octanol–water partition coefficient (Wildman–Crippen LogP) is 6.13. The highest BCUT2D eigenvalue weighted by Gasteiger charge is 2.43. The van der Waals surface area contributed by atoms with E-state index in [0.717, 1.165) is 6.07 Å². The van der Waals surface area contributed by atoms with E-state index in [1.807, 2.05) is 6.07 Å². The highest BCUT2D eigenvalue weighted by atomic mass is 19.4. The van der Waals surface area contributed by atoms with Gasteiger partial charge in [-0.1, -0.05) is 68.4 Å². The number of halogens is 6. The molecule has 0 aliphatic carbocycles. The molecule has 1 amide bonds. The molecule has 0 fully saturated rings. The van der Waals surface area contributed by atoms with Crippen molar-refractivity contribution in [3.63, 3.8) is 0 Å². The minimum absolute atomic E-state index is 0.00427. The Morgan fingerprint density at radius 1 is 0.930 bits per heavy atom. The summed E-state index contributed by atoms with van der Waals surface area (Å²) in [7, 11) is 0. The van der Waals surface area contributed by atoms with Crippen molar-refractivity contribution in [2.24, 2.45) is 5.92 Å². The number of nitriles is 2. The van der Waals surface area contributed by atoms with E-state index < -0.39 is 54.5 Å². The molecule has 3 aromatic carbocycles. The summed E-state index contributed by atoms with van der Waals surface area (Å²) in [5.41, 5.74) is 0.929. The first-order valence-electron chi connectivity index (χ1n) is 13.1. The zero-order chi connectivity index (χ0) is 31.9. The van der Waals surface area contributed by atoms with Gasteiger partial charge in [0.05, 0.1) is 23.7 Å². The van der Waals surface area contributed by atoms with Crippen molar-refractivity contribution >= 4 is 5.91 Å². The number of amides is 1. The number of rotatable bonds is 11. The fourth-order valence-corrected chi connectivity index (χ4v) is 4.41. The molecule has 226 valence electrons. The molecule has 0 saturated heterocycles. The Labute approximate surface area is 244 Å². The Hall–Kier alpha value is -4.39. The number of carbonyl (C=O) groups is 1.